The van der Waals surface area contributed by atoms with Gasteiger partial charge in [0.05, 0.1) is 6.04 Å². The Hall–Kier alpha value is -1.84. The third kappa shape index (κ3) is 5.03. The zero-order chi connectivity index (χ0) is 15.0. The van der Waals surface area contributed by atoms with Crippen LogP contribution in [-0.4, -0.2) is 17.9 Å². The van der Waals surface area contributed by atoms with Crippen molar-refractivity contribution < 1.29 is 14.3 Å². The third-order valence-electron chi connectivity index (χ3n) is 3.39. The molecule has 110 valence electrons. The highest BCUT2D eigenvalue weighted by atomic mass is 16.5. The van der Waals surface area contributed by atoms with Crippen molar-refractivity contribution in [3.63, 3.8) is 0 Å². The number of hydrogen-bond donors (Lipinski definition) is 1. The molecule has 1 aromatic carbocycles. The third-order valence-corrected chi connectivity index (χ3v) is 3.39. The molecule has 0 heterocycles. The van der Waals surface area contributed by atoms with Gasteiger partial charge in [-0.1, -0.05) is 57.5 Å². The van der Waals surface area contributed by atoms with Gasteiger partial charge in [-0.05, 0) is 11.5 Å². The summed E-state index contributed by atoms with van der Waals surface area (Å²) >= 11 is 0. The molecule has 1 aromatic rings. The molecule has 0 aliphatic rings. The van der Waals surface area contributed by atoms with Gasteiger partial charge in [-0.2, -0.15) is 0 Å². The Morgan fingerprint density at radius 1 is 1.20 bits per heavy atom. The Morgan fingerprint density at radius 2 is 1.85 bits per heavy atom. The van der Waals surface area contributed by atoms with Crippen molar-refractivity contribution in [3.05, 3.63) is 35.9 Å². The molecule has 0 fully saturated rings. The second-order valence-corrected chi connectivity index (χ2v) is 4.89. The number of rotatable bonds is 7. The smallest absolute Gasteiger partial charge is 0.408 e. The van der Waals surface area contributed by atoms with E-state index in [1.165, 1.54) is 0 Å². The Bertz CT molecular complexity index is 431. The largest absolute Gasteiger partial charge is 0.445 e. The number of amides is 1. The van der Waals surface area contributed by atoms with Gasteiger partial charge in [-0.25, -0.2) is 4.79 Å². The fourth-order valence-electron chi connectivity index (χ4n) is 1.89. The van der Waals surface area contributed by atoms with Gasteiger partial charge in [-0.3, -0.25) is 4.79 Å². The Balaban J connectivity index is 2.51. The monoisotopic (exact) mass is 277 g/mol. The van der Waals surface area contributed by atoms with Crippen LogP contribution in [-0.2, 0) is 16.1 Å². The van der Waals surface area contributed by atoms with Gasteiger partial charge in [0, 0.05) is 6.42 Å². The number of Topliss-reactive ketones (excluding diaryl/α,β-unsaturated/α-hetero) is 1. The number of ketones is 1. The van der Waals surface area contributed by atoms with Crippen molar-refractivity contribution in [1.82, 2.24) is 5.32 Å². The highest BCUT2D eigenvalue weighted by Gasteiger charge is 2.24. The summed E-state index contributed by atoms with van der Waals surface area (Å²) in [7, 11) is 0. The summed E-state index contributed by atoms with van der Waals surface area (Å²) in [6, 6.07) is 8.99. The molecule has 0 spiro atoms. The molecule has 0 bridgehead atoms. The molecular formula is C16H23NO3. The van der Waals surface area contributed by atoms with E-state index in [1.807, 2.05) is 44.2 Å². The average molecular weight is 277 g/mol. The molecule has 0 unspecified atom stereocenters. The van der Waals surface area contributed by atoms with Crippen molar-refractivity contribution in [2.75, 3.05) is 0 Å². The van der Waals surface area contributed by atoms with Crippen LogP contribution in [0.4, 0.5) is 4.79 Å². The number of hydrogen-bond acceptors (Lipinski definition) is 3. The van der Waals surface area contributed by atoms with Gasteiger partial charge in [-0.15, -0.1) is 0 Å². The second kappa shape index (κ2) is 8.35. The molecule has 1 rings (SSSR count). The fraction of sp³-hybridized carbons (Fsp3) is 0.500. The van der Waals surface area contributed by atoms with Crippen LogP contribution in [0.1, 0.15) is 39.2 Å². The van der Waals surface area contributed by atoms with Gasteiger partial charge in [0.2, 0.25) is 0 Å². The number of benzene rings is 1. The molecule has 4 nitrogen and oxygen atoms in total. The number of nitrogens with one attached hydrogen (secondary N) is 1. The van der Waals surface area contributed by atoms with Crippen LogP contribution in [0, 0.1) is 5.92 Å². The van der Waals surface area contributed by atoms with Crippen molar-refractivity contribution in [1.29, 1.82) is 0 Å². The minimum atomic E-state index is -0.541. The lowest BCUT2D eigenvalue weighted by molar-refractivity contribution is -0.121. The van der Waals surface area contributed by atoms with Crippen molar-refractivity contribution in [2.45, 2.75) is 46.3 Å². The molecule has 0 aliphatic carbocycles. The van der Waals surface area contributed by atoms with E-state index in [4.69, 9.17) is 4.74 Å². The van der Waals surface area contributed by atoms with E-state index >= 15 is 0 Å². The standard InChI is InChI=1S/C16H23NO3/c1-4-12(3)15(14(18)5-2)17-16(19)20-11-13-9-7-6-8-10-13/h6-10,12,15H,4-5,11H2,1-3H3,(H,17,19)/t12-,15+/m1/s1. The van der Waals surface area contributed by atoms with Crippen LogP contribution < -0.4 is 5.32 Å². The first kappa shape index (κ1) is 16.2. The van der Waals surface area contributed by atoms with E-state index in [-0.39, 0.29) is 18.3 Å². The van der Waals surface area contributed by atoms with E-state index < -0.39 is 12.1 Å². The summed E-state index contributed by atoms with van der Waals surface area (Å²) in [4.78, 5) is 23.6. The van der Waals surface area contributed by atoms with Crippen molar-refractivity contribution in [3.8, 4) is 0 Å². The molecule has 4 heteroatoms. The number of carbonyl (C=O) groups excluding carboxylic acids is 2. The first-order valence-corrected chi connectivity index (χ1v) is 7.08. The minimum Gasteiger partial charge on any atom is -0.445 e. The van der Waals surface area contributed by atoms with E-state index in [1.54, 1.807) is 6.92 Å². The van der Waals surface area contributed by atoms with Gasteiger partial charge in [0.1, 0.15) is 6.61 Å². The Kier molecular flexibility index (Phi) is 6.77. The maximum Gasteiger partial charge on any atom is 0.408 e. The molecule has 20 heavy (non-hydrogen) atoms. The quantitative estimate of drug-likeness (QED) is 0.832. The predicted octanol–water partition coefficient (Wildman–Crippen LogP) is 3.31. The van der Waals surface area contributed by atoms with Crippen LogP contribution in [0.5, 0.6) is 0 Å². The lowest BCUT2D eigenvalue weighted by atomic mass is 9.94. The molecule has 0 radical (unpaired) electrons. The molecule has 2 atom stereocenters. The van der Waals surface area contributed by atoms with Gasteiger partial charge in [0.25, 0.3) is 0 Å². The lowest BCUT2D eigenvalue weighted by Gasteiger charge is -2.22. The zero-order valence-corrected chi connectivity index (χ0v) is 12.4. The summed E-state index contributed by atoms with van der Waals surface area (Å²) in [5, 5.41) is 2.68. The minimum absolute atomic E-state index is 0.0380. The Labute approximate surface area is 120 Å². The van der Waals surface area contributed by atoms with Gasteiger partial charge in [0.15, 0.2) is 5.78 Å². The van der Waals surface area contributed by atoms with E-state index in [0.717, 1.165) is 12.0 Å². The summed E-state index contributed by atoms with van der Waals surface area (Å²) in [5.74, 6) is 0.141. The number of ether oxygens (including phenoxy) is 1. The van der Waals surface area contributed by atoms with Crippen molar-refractivity contribution >= 4 is 11.9 Å². The maximum absolute atomic E-state index is 11.9. The summed E-state index contributed by atoms with van der Waals surface area (Å²) in [6.07, 6.45) is 0.699. The maximum atomic E-state index is 11.9. The molecule has 1 amide bonds. The SMILES string of the molecule is CCC(=O)[C@@H](NC(=O)OCc1ccccc1)[C@H](C)CC. The van der Waals surface area contributed by atoms with Crippen molar-refractivity contribution in [2.24, 2.45) is 5.92 Å². The van der Waals surface area contributed by atoms with Gasteiger partial charge >= 0.3 is 6.09 Å². The predicted molar refractivity (Wildman–Crippen MR) is 78.3 cm³/mol. The van der Waals surface area contributed by atoms with Crippen LogP contribution in [0.15, 0.2) is 30.3 Å². The first-order chi connectivity index (χ1) is 9.58. The fourth-order valence-corrected chi connectivity index (χ4v) is 1.89. The summed E-state index contributed by atoms with van der Waals surface area (Å²) in [6.45, 7) is 5.96. The van der Waals surface area contributed by atoms with E-state index in [2.05, 4.69) is 5.32 Å². The molecular weight excluding hydrogens is 254 g/mol. The first-order valence-electron chi connectivity index (χ1n) is 7.08. The highest BCUT2D eigenvalue weighted by molar-refractivity contribution is 5.87. The van der Waals surface area contributed by atoms with Crippen LogP contribution in [0.2, 0.25) is 0 Å². The topological polar surface area (TPSA) is 55.4 Å². The van der Waals surface area contributed by atoms with Gasteiger partial charge < -0.3 is 10.1 Å². The highest BCUT2D eigenvalue weighted by Crippen LogP contribution is 2.11. The second-order valence-electron chi connectivity index (χ2n) is 4.89. The number of alkyl carbamates (subject to hydrolysis) is 1. The average Bonchev–Trinajstić information content (AvgIpc) is 2.50. The normalized spacial score (nSPS) is 13.3. The van der Waals surface area contributed by atoms with Crippen LogP contribution in [0.25, 0.3) is 0 Å². The Morgan fingerprint density at radius 3 is 2.40 bits per heavy atom. The molecule has 0 aliphatic heterocycles. The zero-order valence-electron chi connectivity index (χ0n) is 12.4. The lowest BCUT2D eigenvalue weighted by Crippen LogP contribution is -2.45. The summed E-state index contributed by atoms with van der Waals surface area (Å²) < 4.78 is 5.15. The molecule has 0 saturated heterocycles. The van der Waals surface area contributed by atoms with Crippen LogP contribution in [0.3, 0.4) is 0 Å². The molecule has 0 saturated carbocycles. The molecule has 0 aromatic heterocycles. The van der Waals surface area contributed by atoms with E-state index in [0.29, 0.717) is 6.42 Å². The van der Waals surface area contributed by atoms with Crippen LogP contribution >= 0.6 is 0 Å². The molecule has 1 N–H and O–H groups in total. The number of carbonyl (C=O) groups is 2. The summed E-state index contributed by atoms with van der Waals surface area (Å²) in [5.41, 5.74) is 0.921. The van der Waals surface area contributed by atoms with E-state index in [9.17, 15) is 9.59 Å².